The summed E-state index contributed by atoms with van der Waals surface area (Å²) in [6.45, 7) is 0.298. The summed E-state index contributed by atoms with van der Waals surface area (Å²) in [5, 5.41) is 20.0. The van der Waals surface area contributed by atoms with Gasteiger partial charge in [0.1, 0.15) is 0 Å². The highest BCUT2D eigenvalue weighted by molar-refractivity contribution is 8.00. The minimum atomic E-state index is -1.03. The number of aromatic carboxylic acids is 1. The first-order valence-electron chi connectivity index (χ1n) is 5.94. The van der Waals surface area contributed by atoms with Crippen molar-refractivity contribution >= 4 is 29.6 Å². The molecule has 0 unspecified atom stereocenters. The first-order chi connectivity index (χ1) is 9.50. The largest absolute Gasteiger partial charge is 0.481 e. The SMILES string of the molecule is O=C(O)CCCNC(=O)CSc1ccccc1C(=O)O. The van der Waals surface area contributed by atoms with E-state index in [0.717, 1.165) is 11.8 Å². The van der Waals surface area contributed by atoms with Gasteiger partial charge >= 0.3 is 11.9 Å². The summed E-state index contributed by atoms with van der Waals surface area (Å²) in [4.78, 5) is 33.3. The maximum Gasteiger partial charge on any atom is 0.336 e. The minimum Gasteiger partial charge on any atom is -0.481 e. The molecule has 0 aromatic heterocycles. The Bertz CT molecular complexity index is 503. The Morgan fingerprint density at radius 3 is 2.50 bits per heavy atom. The zero-order chi connectivity index (χ0) is 15.0. The van der Waals surface area contributed by atoms with Crippen molar-refractivity contribution in [3.05, 3.63) is 29.8 Å². The van der Waals surface area contributed by atoms with Crippen LogP contribution in [0.5, 0.6) is 0 Å². The van der Waals surface area contributed by atoms with Gasteiger partial charge in [0.15, 0.2) is 0 Å². The number of hydrogen-bond donors (Lipinski definition) is 3. The maximum atomic E-state index is 11.5. The van der Waals surface area contributed by atoms with Crippen molar-refractivity contribution < 1.29 is 24.6 Å². The van der Waals surface area contributed by atoms with Gasteiger partial charge in [0.25, 0.3) is 0 Å². The van der Waals surface area contributed by atoms with E-state index in [0.29, 0.717) is 17.9 Å². The first kappa shape index (κ1) is 16.0. The van der Waals surface area contributed by atoms with Gasteiger partial charge in [-0.2, -0.15) is 0 Å². The van der Waals surface area contributed by atoms with Crippen molar-refractivity contribution in [1.82, 2.24) is 5.32 Å². The van der Waals surface area contributed by atoms with Gasteiger partial charge in [0, 0.05) is 17.9 Å². The van der Waals surface area contributed by atoms with Crippen molar-refractivity contribution in [3.8, 4) is 0 Å². The molecule has 0 saturated carbocycles. The van der Waals surface area contributed by atoms with Crippen LogP contribution in [0.15, 0.2) is 29.2 Å². The smallest absolute Gasteiger partial charge is 0.336 e. The molecule has 0 aliphatic heterocycles. The molecule has 0 bridgehead atoms. The Morgan fingerprint density at radius 2 is 1.85 bits per heavy atom. The molecular formula is C13H15NO5S. The molecule has 0 heterocycles. The van der Waals surface area contributed by atoms with Gasteiger partial charge in [-0.25, -0.2) is 4.79 Å². The summed E-state index contributed by atoms with van der Waals surface area (Å²) in [7, 11) is 0. The van der Waals surface area contributed by atoms with Crippen LogP contribution in [0.2, 0.25) is 0 Å². The number of carbonyl (C=O) groups is 3. The van der Waals surface area contributed by atoms with Crippen LogP contribution in [-0.2, 0) is 9.59 Å². The molecule has 0 aliphatic carbocycles. The molecule has 7 heteroatoms. The van der Waals surface area contributed by atoms with Crippen LogP contribution in [0.3, 0.4) is 0 Å². The number of hydrogen-bond acceptors (Lipinski definition) is 4. The molecule has 0 saturated heterocycles. The lowest BCUT2D eigenvalue weighted by atomic mass is 10.2. The van der Waals surface area contributed by atoms with Crippen LogP contribution in [0, 0.1) is 0 Å². The van der Waals surface area contributed by atoms with E-state index in [1.807, 2.05) is 0 Å². The third-order valence-corrected chi connectivity index (χ3v) is 3.44. The molecule has 108 valence electrons. The molecule has 0 radical (unpaired) electrons. The number of carboxylic acid groups (broad SMARTS) is 2. The first-order valence-corrected chi connectivity index (χ1v) is 6.93. The predicted octanol–water partition coefficient (Wildman–Crippen LogP) is 1.46. The van der Waals surface area contributed by atoms with Gasteiger partial charge < -0.3 is 15.5 Å². The second-order valence-electron chi connectivity index (χ2n) is 3.94. The minimum absolute atomic E-state index is 0.00920. The Labute approximate surface area is 120 Å². The highest BCUT2D eigenvalue weighted by Gasteiger charge is 2.11. The Balaban J connectivity index is 2.38. The van der Waals surface area contributed by atoms with E-state index in [2.05, 4.69) is 5.32 Å². The fourth-order valence-corrected chi connectivity index (χ4v) is 2.31. The number of amides is 1. The second kappa shape index (κ2) is 8.21. The number of nitrogens with one attached hydrogen (secondary N) is 1. The molecule has 0 atom stereocenters. The molecule has 0 aliphatic rings. The number of rotatable bonds is 8. The lowest BCUT2D eigenvalue weighted by molar-refractivity contribution is -0.137. The van der Waals surface area contributed by atoms with E-state index < -0.39 is 11.9 Å². The second-order valence-corrected chi connectivity index (χ2v) is 4.95. The van der Waals surface area contributed by atoms with Crippen LogP contribution < -0.4 is 5.32 Å². The summed E-state index contributed by atoms with van der Waals surface area (Å²) in [6, 6.07) is 6.46. The molecule has 1 aromatic rings. The molecular weight excluding hydrogens is 282 g/mol. The standard InChI is InChI=1S/C13H15NO5S/c15-11(14-7-3-6-12(16)17)8-20-10-5-2-1-4-9(10)13(18)19/h1-2,4-5H,3,6-8H2,(H,14,15)(H,16,17)(H,18,19). The van der Waals surface area contributed by atoms with Crippen LogP contribution in [0.4, 0.5) is 0 Å². The third kappa shape index (κ3) is 5.75. The van der Waals surface area contributed by atoms with Crippen molar-refractivity contribution in [3.63, 3.8) is 0 Å². The molecule has 0 fully saturated rings. The number of aliphatic carboxylic acids is 1. The van der Waals surface area contributed by atoms with E-state index in [-0.39, 0.29) is 23.6 Å². The zero-order valence-corrected chi connectivity index (χ0v) is 11.5. The van der Waals surface area contributed by atoms with Crippen molar-refractivity contribution in [2.75, 3.05) is 12.3 Å². The highest BCUT2D eigenvalue weighted by atomic mass is 32.2. The fourth-order valence-electron chi connectivity index (χ4n) is 1.43. The molecule has 6 nitrogen and oxygen atoms in total. The summed E-state index contributed by atoms with van der Waals surface area (Å²) < 4.78 is 0. The molecule has 20 heavy (non-hydrogen) atoms. The van der Waals surface area contributed by atoms with Crippen LogP contribution in [-0.4, -0.2) is 40.4 Å². The van der Waals surface area contributed by atoms with Gasteiger partial charge in [-0.3, -0.25) is 9.59 Å². The predicted molar refractivity (Wildman–Crippen MR) is 74.0 cm³/mol. The van der Waals surface area contributed by atoms with Gasteiger partial charge in [0.2, 0.25) is 5.91 Å². The van der Waals surface area contributed by atoms with Gasteiger partial charge in [-0.1, -0.05) is 12.1 Å². The molecule has 1 amide bonds. The number of carboxylic acids is 2. The lowest BCUT2D eigenvalue weighted by Gasteiger charge is -2.06. The molecule has 1 aromatic carbocycles. The average Bonchev–Trinajstić information content (AvgIpc) is 2.41. The van der Waals surface area contributed by atoms with E-state index >= 15 is 0 Å². The van der Waals surface area contributed by atoms with Crippen molar-refractivity contribution in [1.29, 1.82) is 0 Å². The Kier molecular flexibility index (Phi) is 6.58. The summed E-state index contributed by atoms with van der Waals surface area (Å²) in [5.41, 5.74) is 0.163. The normalized spacial score (nSPS) is 10.0. The zero-order valence-electron chi connectivity index (χ0n) is 10.7. The van der Waals surface area contributed by atoms with Gasteiger partial charge in [0.05, 0.1) is 11.3 Å². The average molecular weight is 297 g/mol. The van der Waals surface area contributed by atoms with Gasteiger partial charge in [-0.05, 0) is 18.6 Å². The topological polar surface area (TPSA) is 104 Å². The number of thioether (sulfide) groups is 1. The van der Waals surface area contributed by atoms with Crippen LogP contribution in [0.25, 0.3) is 0 Å². The summed E-state index contributed by atoms with van der Waals surface area (Å²) in [6.07, 6.45) is 0.382. The van der Waals surface area contributed by atoms with Crippen molar-refractivity contribution in [2.45, 2.75) is 17.7 Å². The monoisotopic (exact) mass is 297 g/mol. The fraction of sp³-hybridized carbons (Fsp3) is 0.308. The third-order valence-electron chi connectivity index (χ3n) is 2.37. The van der Waals surface area contributed by atoms with E-state index in [4.69, 9.17) is 10.2 Å². The summed E-state index contributed by atoms with van der Waals surface area (Å²) >= 11 is 1.14. The summed E-state index contributed by atoms with van der Waals surface area (Å²) in [5.74, 6) is -2.09. The molecule has 3 N–H and O–H groups in total. The van der Waals surface area contributed by atoms with Crippen LogP contribution in [0.1, 0.15) is 23.2 Å². The quantitative estimate of drug-likeness (QED) is 0.496. The Morgan fingerprint density at radius 1 is 1.15 bits per heavy atom. The van der Waals surface area contributed by atoms with E-state index in [1.54, 1.807) is 18.2 Å². The number of carbonyl (C=O) groups excluding carboxylic acids is 1. The van der Waals surface area contributed by atoms with E-state index in [9.17, 15) is 14.4 Å². The molecule has 1 rings (SSSR count). The number of benzene rings is 1. The highest BCUT2D eigenvalue weighted by Crippen LogP contribution is 2.22. The Hall–Kier alpha value is -2.02. The van der Waals surface area contributed by atoms with E-state index in [1.165, 1.54) is 6.07 Å². The van der Waals surface area contributed by atoms with Gasteiger partial charge in [-0.15, -0.1) is 11.8 Å². The van der Waals surface area contributed by atoms with Crippen LogP contribution >= 0.6 is 11.8 Å². The van der Waals surface area contributed by atoms with Crippen molar-refractivity contribution in [2.24, 2.45) is 0 Å². The maximum absolute atomic E-state index is 11.5. The lowest BCUT2D eigenvalue weighted by Crippen LogP contribution is -2.26. The molecule has 0 spiro atoms.